The van der Waals surface area contributed by atoms with Crippen molar-refractivity contribution in [2.45, 2.75) is 21.6 Å². The minimum Gasteiger partial charge on any atom is -0.278 e. The lowest BCUT2D eigenvalue weighted by Crippen LogP contribution is -2.52. The lowest BCUT2D eigenvalue weighted by atomic mass is 10.1. The number of para-hydroxylation sites is 2. The van der Waals surface area contributed by atoms with E-state index in [9.17, 15) is 9.59 Å². The third-order valence-corrected chi connectivity index (χ3v) is 8.77. The molecule has 5 rings (SSSR count). The van der Waals surface area contributed by atoms with Crippen molar-refractivity contribution in [1.29, 1.82) is 0 Å². The summed E-state index contributed by atoms with van der Waals surface area (Å²) in [5.41, 5.74) is 5.86. The van der Waals surface area contributed by atoms with Gasteiger partial charge < -0.3 is 0 Å². The lowest BCUT2D eigenvalue weighted by molar-refractivity contribution is -0.134. The van der Waals surface area contributed by atoms with Crippen molar-refractivity contribution in [1.82, 2.24) is 10.4 Å². The first-order valence-corrected chi connectivity index (χ1v) is 12.7. The van der Waals surface area contributed by atoms with Crippen LogP contribution in [0.1, 0.15) is 12.5 Å². The Morgan fingerprint density at radius 2 is 1.59 bits per heavy atom. The molecule has 1 atom stereocenters. The van der Waals surface area contributed by atoms with Crippen LogP contribution in [0.4, 0.5) is 11.4 Å². The maximum absolute atomic E-state index is 13.5. The first-order chi connectivity index (χ1) is 15.5. The maximum Gasteiger partial charge on any atom is 0.248 e. The van der Waals surface area contributed by atoms with E-state index < -0.39 is 4.87 Å². The average Bonchev–Trinajstić information content (AvgIpc) is 3.10. The molecule has 5 nitrogen and oxygen atoms in total. The second-order valence-electron chi connectivity index (χ2n) is 7.58. The number of benzene rings is 3. The summed E-state index contributed by atoms with van der Waals surface area (Å²) in [6.07, 6.45) is 0. The summed E-state index contributed by atoms with van der Waals surface area (Å²) >= 11 is 6.82. The van der Waals surface area contributed by atoms with Crippen LogP contribution in [0.5, 0.6) is 0 Å². The number of halogens is 1. The molecular weight excluding hydrogens is 506 g/mol. The number of thioether (sulfide) groups is 1. The number of fused-ring (bicyclic) bond motifs is 2. The highest BCUT2D eigenvalue weighted by atomic mass is 79.9. The third kappa shape index (κ3) is 3.65. The zero-order valence-corrected chi connectivity index (χ0v) is 20.5. The van der Waals surface area contributed by atoms with Crippen molar-refractivity contribution < 1.29 is 9.59 Å². The summed E-state index contributed by atoms with van der Waals surface area (Å²) in [5, 5.41) is 1.60. The summed E-state index contributed by atoms with van der Waals surface area (Å²) in [5.74, 6) is 0.186. The molecule has 2 aliphatic heterocycles. The summed E-state index contributed by atoms with van der Waals surface area (Å²) < 4.78 is 0.929. The molecule has 3 aromatic rings. The zero-order valence-electron chi connectivity index (χ0n) is 17.2. The van der Waals surface area contributed by atoms with Gasteiger partial charge in [0.05, 0.1) is 23.7 Å². The van der Waals surface area contributed by atoms with E-state index in [1.54, 1.807) is 33.4 Å². The van der Waals surface area contributed by atoms with Crippen LogP contribution in [-0.2, 0) is 14.5 Å². The Labute approximate surface area is 203 Å². The molecule has 8 heteroatoms. The van der Waals surface area contributed by atoms with Crippen LogP contribution in [0.15, 0.2) is 87.1 Å². The molecule has 2 amide bonds. The molecule has 0 saturated carbocycles. The van der Waals surface area contributed by atoms with Crippen LogP contribution in [0.25, 0.3) is 0 Å². The van der Waals surface area contributed by atoms with Crippen molar-refractivity contribution in [3.05, 3.63) is 82.8 Å². The van der Waals surface area contributed by atoms with Gasteiger partial charge in [0.15, 0.2) is 0 Å². The van der Waals surface area contributed by atoms with Gasteiger partial charge >= 0.3 is 0 Å². The van der Waals surface area contributed by atoms with Crippen LogP contribution in [0.2, 0.25) is 0 Å². The van der Waals surface area contributed by atoms with E-state index >= 15 is 0 Å². The van der Waals surface area contributed by atoms with E-state index in [1.165, 1.54) is 0 Å². The molecule has 1 N–H and O–H groups in total. The molecule has 0 radical (unpaired) electrons. The Bertz CT molecular complexity index is 1180. The van der Waals surface area contributed by atoms with Crippen molar-refractivity contribution in [3.8, 4) is 0 Å². The van der Waals surface area contributed by atoms with E-state index in [0.717, 1.165) is 31.2 Å². The lowest BCUT2D eigenvalue weighted by Gasteiger charge is -2.36. The third-order valence-electron chi connectivity index (χ3n) is 5.60. The van der Waals surface area contributed by atoms with Crippen LogP contribution < -0.4 is 10.3 Å². The van der Waals surface area contributed by atoms with E-state index in [4.69, 9.17) is 0 Å². The number of rotatable bonds is 4. The fourth-order valence-electron chi connectivity index (χ4n) is 4.04. The molecule has 1 unspecified atom stereocenters. The Morgan fingerprint density at radius 1 is 1.00 bits per heavy atom. The first kappa shape index (κ1) is 21.6. The largest absolute Gasteiger partial charge is 0.278 e. The molecule has 0 bridgehead atoms. The van der Waals surface area contributed by atoms with E-state index in [2.05, 4.69) is 21.4 Å². The van der Waals surface area contributed by atoms with Gasteiger partial charge in [-0.3, -0.25) is 19.5 Å². The molecule has 1 saturated heterocycles. The van der Waals surface area contributed by atoms with Gasteiger partial charge in [0.1, 0.15) is 4.87 Å². The molecule has 0 aromatic heterocycles. The number of carbonyl (C=O) groups is 2. The van der Waals surface area contributed by atoms with Crippen molar-refractivity contribution >= 4 is 62.6 Å². The zero-order chi connectivity index (χ0) is 22.3. The molecule has 32 heavy (non-hydrogen) atoms. The summed E-state index contributed by atoms with van der Waals surface area (Å²) in [7, 11) is 0. The number of hydrogen-bond acceptors (Lipinski definition) is 5. The van der Waals surface area contributed by atoms with Crippen LogP contribution in [0, 0.1) is 0 Å². The van der Waals surface area contributed by atoms with Gasteiger partial charge in [0.25, 0.3) is 0 Å². The normalized spacial score (nSPS) is 19.6. The Balaban J connectivity index is 1.43. The standard InChI is InChI=1S/C24H20BrN3O2S2/c1-24(16-8-2-3-9-17(16)25)28(23(30)15-31-24)26-14-22(29)27-18-10-4-6-12-20(18)32-21-13-7-5-11-19(21)27/h2-13,26H,14-15H2,1H3. The van der Waals surface area contributed by atoms with Crippen molar-refractivity contribution in [2.75, 3.05) is 17.2 Å². The summed E-state index contributed by atoms with van der Waals surface area (Å²) in [6.45, 7) is 2.00. The van der Waals surface area contributed by atoms with Crippen LogP contribution in [-0.4, -0.2) is 29.1 Å². The molecule has 2 aliphatic rings. The molecule has 162 valence electrons. The number of hydrogen-bond donors (Lipinski definition) is 1. The van der Waals surface area contributed by atoms with E-state index in [1.807, 2.05) is 79.7 Å². The fraction of sp³-hybridized carbons (Fsp3) is 0.167. The van der Waals surface area contributed by atoms with Gasteiger partial charge in [-0.25, -0.2) is 5.43 Å². The molecule has 2 heterocycles. The predicted molar refractivity (Wildman–Crippen MR) is 133 cm³/mol. The number of nitrogens with zero attached hydrogens (tertiary/aromatic N) is 2. The van der Waals surface area contributed by atoms with Crippen molar-refractivity contribution in [2.24, 2.45) is 0 Å². The van der Waals surface area contributed by atoms with Crippen LogP contribution >= 0.6 is 39.5 Å². The summed E-state index contributed by atoms with van der Waals surface area (Å²) in [6, 6.07) is 23.7. The van der Waals surface area contributed by atoms with Gasteiger partial charge in [-0.2, -0.15) is 0 Å². The van der Waals surface area contributed by atoms with Gasteiger partial charge in [-0.1, -0.05) is 70.2 Å². The maximum atomic E-state index is 13.5. The number of anilines is 2. The van der Waals surface area contributed by atoms with E-state index in [0.29, 0.717) is 5.75 Å². The molecule has 3 aromatic carbocycles. The average molecular weight is 526 g/mol. The molecule has 1 fully saturated rings. The minimum absolute atomic E-state index is 0.000320. The highest BCUT2D eigenvalue weighted by Gasteiger charge is 2.45. The highest BCUT2D eigenvalue weighted by Crippen LogP contribution is 2.48. The van der Waals surface area contributed by atoms with E-state index in [-0.39, 0.29) is 18.4 Å². The second kappa shape index (κ2) is 8.59. The fourth-order valence-corrected chi connectivity index (χ4v) is 7.07. The topological polar surface area (TPSA) is 52.7 Å². The Morgan fingerprint density at radius 3 is 2.25 bits per heavy atom. The monoisotopic (exact) mass is 525 g/mol. The van der Waals surface area contributed by atoms with Gasteiger partial charge in [0.2, 0.25) is 11.8 Å². The van der Waals surface area contributed by atoms with Gasteiger partial charge in [-0.05, 0) is 37.3 Å². The quantitative estimate of drug-likeness (QED) is 0.485. The van der Waals surface area contributed by atoms with Crippen molar-refractivity contribution in [3.63, 3.8) is 0 Å². The molecular formula is C24H20BrN3O2S2. The highest BCUT2D eigenvalue weighted by molar-refractivity contribution is 9.10. The second-order valence-corrected chi connectivity index (χ2v) is 10.9. The van der Waals surface area contributed by atoms with Gasteiger partial charge in [-0.15, -0.1) is 11.8 Å². The number of nitrogens with one attached hydrogen (secondary N) is 1. The minimum atomic E-state index is -0.620. The van der Waals surface area contributed by atoms with Gasteiger partial charge in [0, 0.05) is 19.8 Å². The SMILES string of the molecule is CC1(c2ccccc2Br)SCC(=O)N1NCC(=O)N1c2ccccc2Sc2ccccc21. The smallest absolute Gasteiger partial charge is 0.248 e. The number of carbonyl (C=O) groups excluding carboxylic acids is 2. The number of hydrazine groups is 1. The Hall–Kier alpha value is -2.26. The first-order valence-electron chi connectivity index (χ1n) is 10.1. The predicted octanol–water partition coefficient (Wildman–Crippen LogP) is 5.53. The summed E-state index contributed by atoms with van der Waals surface area (Å²) in [4.78, 5) is 29.5. The van der Waals surface area contributed by atoms with Crippen LogP contribution in [0.3, 0.4) is 0 Å². The molecule has 0 spiro atoms. The number of amides is 2. The Kier molecular flexibility index (Phi) is 5.79. The molecule has 0 aliphatic carbocycles.